The van der Waals surface area contributed by atoms with Gasteiger partial charge in [0.15, 0.2) is 0 Å². The zero-order valence-corrected chi connectivity index (χ0v) is 11.4. The average molecular weight is 280 g/mol. The molecule has 3 N–H and O–H groups in total. The lowest BCUT2D eigenvalue weighted by atomic mass is 10.4. The first kappa shape index (κ1) is 13.6. The second kappa shape index (κ2) is 5.85. The molecule has 0 amide bonds. The summed E-state index contributed by atoms with van der Waals surface area (Å²) in [6.45, 7) is 3.43. The van der Waals surface area contributed by atoms with Crippen LogP contribution in [-0.4, -0.2) is 24.9 Å². The Hall–Kier alpha value is -1.86. The van der Waals surface area contributed by atoms with Gasteiger partial charge in [-0.3, -0.25) is 9.71 Å². The van der Waals surface area contributed by atoms with Gasteiger partial charge < -0.3 is 10.3 Å². The van der Waals surface area contributed by atoms with E-state index in [-0.39, 0.29) is 4.90 Å². The maximum absolute atomic E-state index is 12.1. The molecule has 0 fully saturated rings. The van der Waals surface area contributed by atoms with Crippen LogP contribution >= 0.6 is 0 Å². The fourth-order valence-corrected chi connectivity index (χ4v) is 2.65. The number of pyridine rings is 1. The van der Waals surface area contributed by atoms with Crippen molar-refractivity contribution in [2.45, 2.75) is 18.4 Å². The number of hydrogen-bond acceptors (Lipinski definition) is 4. The number of H-pyrrole nitrogens is 1. The van der Waals surface area contributed by atoms with E-state index in [4.69, 9.17) is 0 Å². The van der Waals surface area contributed by atoms with E-state index in [2.05, 4.69) is 20.0 Å². The maximum Gasteiger partial charge on any atom is 0.263 e. The number of nitrogens with one attached hydrogen (secondary N) is 3. The molecule has 2 aromatic rings. The Morgan fingerprint density at radius 3 is 2.74 bits per heavy atom. The number of hydrogen-bond donors (Lipinski definition) is 3. The van der Waals surface area contributed by atoms with E-state index in [0.717, 1.165) is 12.2 Å². The fourth-order valence-electron chi connectivity index (χ4n) is 1.57. The summed E-state index contributed by atoms with van der Waals surface area (Å²) in [5.41, 5.74) is 1.32. The van der Waals surface area contributed by atoms with Crippen LogP contribution in [0.2, 0.25) is 0 Å². The van der Waals surface area contributed by atoms with Gasteiger partial charge in [-0.25, -0.2) is 8.42 Å². The van der Waals surface area contributed by atoms with Gasteiger partial charge in [-0.1, -0.05) is 6.92 Å². The number of nitrogens with zero attached hydrogens (tertiary/aromatic N) is 1. The molecule has 0 bridgehead atoms. The standard InChI is InChI=1S/C12H16N4O2S/c1-2-13-8-11-7-12(9-15-11)19(17,18)16-10-3-5-14-6-4-10/h3-7,9,13,15H,2,8H2,1H3,(H,14,16). The van der Waals surface area contributed by atoms with E-state index >= 15 is 0 Å². The number of aromatic amines is 1. The zero-order chi connectivity index (χ0) is 13.7. The second-order valence-electron chi connectivity index (χ2n) is 3.98. The molecule has 2 aromatic heterocycles. The first-order valence-electron chi connectivity index (χ1n) is 5.92. The van der Waals surface area contributed by atoms with Crippen molar-refractivity contribution in [2.24, 2.45) is 0 Å². The smallest absolute Gasteiger partial charge is 0.263 e. The minimum Gasteiger partial charge on any atom is -0.363 e. The van der Waals surface area contributed by atoms with Crippen LogP contribution in [0.3, 0.4) is 0 Å². The third kappa shape index (κ3) is 3.55. The molecule has 0 saturated heterocycles. The molecular formula is C12H16N4O2S. The van der Waals surface area contributed by atoms with E-state index in [0.29, 0.717) is 12.2 Å². The summed E-state index contributed by atoms with van der Waals surface area (Å²) in [6, 6.07) is 4.82. The summed E-state index contributed by atoms with van der Waals surface area (Å²) >= 11 is 0. The Balaban J connectivity index is 2.13. The SMILES string of the molecule is CCNCc1cc(S(=O)(=O)Nc2ccncc2)c[nH]1. The molecule has 0 atom stereocenters. The molecule has 2 heterocycles. The van der Waals surface area contributed by atoms with Crippen LogP contribution in [0.5, 0.6) is 0 Å². The molecule has 2 rings (SSSR count). The normalized spacial score (nSPS) is 11.4. The van der Waals surface area contributed by atoms with Gasteiger partial charge in [0.25, 0.3) is 10.0 Å². The van der Waals surface area contributed by atoms with Gasteiger partial charge in [-0.2, -0.15) is 0 Å². The molecule has 7 heteroatoms. The van der Waals surface area contributed by atoms with Crippen molar-refractivity contribution >= 4 is 15.7 Å². The molecule has 19 heavy (non-hydrogen) atoms. The van der Waals surface area contributed by atoms with Gasteiger partial charge in [0.05, 0.1) is 5.69 Å². The first-order chi connectivity index (χ1) is 9.12. The highest BCUT2D eigenvalue weighted by Gasteiger charge is 2.15. The van der Waals surface area contributed by atoms with E-state index in [9.17, 15) is 8.42 Å². The molecule has 0 aliphatic heterocycles. The summed E-state index contributed by atoms with van der Waals surface area (Å²) in [5, 5.41) is 3.12. The van der Waals surface area contributed by atoms with Gasteiger partial charge in [0.2, 0.25) is 0 Å². The van der Waals surface area contributed by atoms with Gasteiger partial charge >= 0.3 is 0 Å². The van der Waals surface area contributed by atoms with Crippen LogP contribution in [0.25, 0.3) is 0 Å². The maximum atomic E-state index is 12.1. The van der Waals surface area contributed by atoms with Crippen molar-refractivity contribution in [3.8, 4) is 0 Å². The van der Waals surface area contributed by atoms with E-state index in [1.54, 1.807) is 18.2 Å². The highest BCUT2D eigenvalue weighted by Crippen LogP contribution is 2.15. The molecule has 0 aromatic carbocycles. The van der Waals surface area contributed by atoms with E-state index in [1.165, 1.54) is 18.6 Å². The molecule has 0 saturated carbocycles. The van der Waals surface area contributed by atoms with E-state index < -0.39 is 10.0 Å². The summed E-state index contributed by atoms with van der Waals surface area (Å²) in [6.07, 6.45) is 4.55. The van der Waals surface area contributed by atoms with Gasteiger partial charge in [0.1, 0.15) is 4.90 Å². The van der Waals surface area contributed by atoms with Crippen LogP contribution in [0.15, 0.2) is 41.7 Å². The van der Waals surface area contributed by atoms with Crippen molar-refractivity contribution < 1.29 is 8.42 Å². The highest BCUT2D eigenvalue weighted by molar-refractivity contribution is 7.92. The summed E-state index contributed by atoms with van der Waals surface area (Å²) in [5.74, 6) is 0. The quantitative estimate of drug-likeness (QED) is 0.745. The van der Waals surface area contributed by atoms with Crippen LogP contribution in [-0.2, 0) is 16.6 Å². The number of rotatable bonds is 6. The van der Waals surface area contributed by atoms with Crippen molar-refractivity contribution in [3.05, 3.63) is 42.5 Å². The summed E-state index contributed by atoms with van der Waals surface area (Å²) < 4.78 is 26.7. The minimum atomic E-state index is -3.55. The van der Waals surface area contributed by atoms with Crippen molar-refractivity contribution in [2.75, 3.05) is 11.3 Å². The zero-order valence-electron chi connectivity index (χ0n) is 10.6. The molecule has 102 valence electrons. The van der Waals surface area contributed by atoms with Crippen LogP contribution < -0.4 is 10.0 Å². The predicted molar refractivity (Wildman–Crippen MR) is 73.2 cm³/mol. The highest BCUT2D eigenvalue weighted by atomic mass is 32.2. The largest absolute Gasteiger partial charge is 0.363 e. The second-order valence-corrected chi connectivity index (χ2v) is 5.66. The number of sulfonamides is 1. The molecule has 0 spiro atoms. The van der Waals surface area contributed by atoms with Crippen molar-refractivity contribution in [1.82, 2.24) is 15.3 Å². The van der Waals surface area contributed by atoms with Gasteiger partial charge in [-0.15, -0.1) is 0 Å². The number of anilines is 1. The lowest BCUT2D eigenvalue weighted by Gasteiger charge is -2.05. The Morgan fingerprint density at radius 2 is 2.05 bits per heavy atom. The van der Waals surface area contributed by atoms with Crippen molar-refractivity contribution in [1.29, 1.82) is 0 Å². The van der Waals surface area contributed by atoms with Crippen molar-refractivity contribution in [3.63, 3.8) is 0 Å². The Bertz CT molecular complexity index is 622. The minimum absolute atomic E-state index is 0.220. The fraction of sp³-hybridized carbons (Fsp3) is 0.250. The van der Waals surface area contributed by atoms with Crippen LogP contribution in [0.4, 0.5) is 5.69 Å². The predicted octanol–water partition coefficient (Wildman–Crippen LogP) is 1.32. The summed E-state index contributed by atoms with van der Waals surface area (Å²) in [7, 11) is -3.55. The molecule has 0 aliphatic carbocycles. The molecule has 6 nitrogen and oxygen atoms in total. The lowest BCUT2D eigenvalue weighted by molar-refractivity contribution is 0.601. The van der Waals surface area contributed by atoms with Gasteiger partial charge in [0, 0.05) is 30.8 Å². The molecule has 0 radical (unpaired) electrons. The Labute approximate surface area is 112 Å². The Kier molecular flexibility index (Phi) is 4.18. The molecule has 0 aliphatic rings. The average Bonchev–Trinajstić information content (AvgIpc) is 2.86. The Morgan fingerprint density at radius 1 is 1.32 bits per heavy atom. The van der Waals surface area contributed by atoms with E-state index in [1.807, 2.05) is 6.92 Å². The third-order valence-corrected chi connectivity index (χ3v) is 3.89. The van der Waals surface area contributed by atoms with Crippen LogP contribution in [0, 0.1) is 0 Å². The van der Waals surface area contributed by atoms with Gasteiger partial charge in [-0.05, 0) is 24.7 Å². The topological polar surface area (TPSA) is 86.9 Å². The third-order valence-electron chi connectivity index (χ3n) is 2.52. The summed E-state index contributed by atoms with van der Waals surface area (Å²) in [4.78, 5) is 6.99. The lowest BCUT2D eigenvalue weighted by Crippen LogP contribution is -2.13. The number of aromatic nitrogens is 2. The first-order valence-corrected chi connectivity index (χ1v) is 7.41. The monoisotopic (exact) mass is 280 g/mol. The molecule has 0 unspecified atom stereocenters. The van der Waals surface area contributed by atoms with Crippen LogP contribution in [0.1, 0.15) is 12.6 Å². The molecular weight excluding hydrogens is 264 g/mol.